The van der Waals surface area contributed by atoms with Crippen molar-refractivity contribution in [3.63, 3.8) is 0 Å². The maximum Gasteiger partial charge on any atom is 0.328 e. The Morgan fingerprint density at radius 3 is 1.76 bits per heavy atom. The van der Waals surface area contributed by atoms with Crippen LogP contribution in [-0.2, 0) is 33.5 Å². The molecule has 0 unspecified atom stereocenters. The number of ether oxygens (including phenoxy) is 2. The van der Waals surface area contributed by atoms with E-state index < -0.39 is 35.8 Å². The number of carboxylic acids is 6. The van der Waals surface area contributed by atoms with E-state index in [4.69, 9.17) is 45.8 Å². The van der Waals surface area contributed by atoms with Gasteiger partial charge in [-0.25, -0.2) is 38.7 Å². The Labute approximate surface area is 390 Å². The molecule has 2 aromatic heterocycles. The number of methoxy groups -OCH3 is 1. The summed E-state index contributed by atoms with van der Waals surface area (Å²) in [7, 11) is 3.90. The molecule has 3 heterocycles. The van der Waals surface area contributed by atoms with Crippen LogP contribution in [0.4, 0.5) is 11.5 Å². The van der Waals surface area contributed by atoms with Crippen LogP contribution in [0.2, 0.25) is 0 Å². The fraction of sp³-hybridized carbons (Fsp3) is 0.326. The first-order valence-electron chi connectivity index (χ1n) is 20.9. The number of nitrogens with two attached hydrogens (primary N) is 1. The van der Waals surface area contributed by atoms with E-state index >= 15 is 0 Å². The molecule has 0 spiro atoms. The fourth-order valence-electron chi connectivity index (χ4n) is 7.08. The molecular weight excluding hydrogens is 889 g/mol. The SMILES string of the molecule is COCCCNc1cccc(-c2ccc(Oc3cn(C4CCC(N5CCN(C)CC5)CC4)c4ncnc(N)c34)cc2)c1C#N.O=C(O)/C=C\C(=O)O.O=C(O)/C=C\C(=O)O.O=C(O)/C=C\C(=O)O. The number of hydrogen-bond acceptors (Lipinski definition) is 15. The summed E-state index contributed by atoms with van der Waals surface area (Å²) < 4.78 is 13.8. The van der Waals surface area contributed by atoms with Crippen molar-refractivity contribution in [2.75, 3.05) is 64.5 Å². The molecule has 68 heavy (non-hydrogen) atoms. The molecule has 9 N–H and O–H groups in total. The summed E-state index contributed by atoms with van der Waals surface area (Å²) in [6.07, 6.45) is 12.4. The average molecular weight is 943 g/mol. The number of piperazine rings is 1. The summed E-state index contributed by atoms with van der Waals surface area (Å²) in [6.45, 7) is 6.03. The van der Waals surface area contributed by atoms with Crippen molar-refractivity contribution in [2.45, 2.75) is 44.2 Å². The molecule has 1 aliphatic carbocycles. The molecule has 1 saturated carbocycles. The Morgan fingerprint density at radius 2 is 1.28 bits per heavy atom. The van der Waals surface area contributed by atoms with Gasteiger partial charge in [0, 0.05) is 107 Å². The van der Waals surface area contributed by atoms with Crippen LogP contribution < -0.4 is 15.8 Å². The fourth-order valence-corrected chi connectivity index (χ4v) is 7.08. The van der Waals surface area contributed by atoms with Crippen LogP contribution in [-0.4, -0.2) is 150 Å². The van der Waals surface area contributed by atoms with Gasteiger partial charge in [0.05, 0.1) is 11.3 Å². The molecule has 2 fully saturated rings. The number of nitriles is 1. The minimum atomic E-state index is -1.26. The molecule has 1 saturated heterocycles. The lowest BCUT2D eigenvalue weighted by atomic mass is 9.89. The Kier molecular flexibility index (Phi) is 22.3. The van der Waals surface area contributed by atoms with Crippen LogP contribution in [0.3, 0.4) is 0 Å². The number of carboxylic acid groups (broad SMARTS) is 6. The third kappa shape index (κ3) is 18.4. The Hall–Kier alpha value is -8.13. The molecule has 362 valence electrons. The van der Waals surface area contributed by atoms with Crippen molar-refractivity contribution in [1.29, 1.82) is 5.26 Å². The smallest absolute Gasteiger partial charge is 0.328 e. The second-order valence-corrected chi connectivity index (χ2v) is 14.9. The van der Waals surface area contributed by atoms with Crippen molar-refractivity contribution >= 4 is 58.4 Å². The van der Waals surface area contributed by atoms with Crippen molar-refractivity contribution < 1.29 is 68.9 Å². The van der Waals surface area contributed by atoms with Gasteiger partial charge in [-0.2, -0.15) is 5.26 Å². The van der Waals surface area contributed by atoms with Gasteiger partial charge in [0.1, 0.15) is 35.0 Å². The number of aromatic nitrogens is 3. The summed E-state index contributed by atoms with van der Waals surface area (Å²) in [6, 6.07) is 17.1. The van der Waals surface area contributed by atoms with E-state index in [2.05, 4.69) is 49.0 Å². The number of aliphatic carboxylic acids is 6. The zero-order chi connectivity index (χ0) is 50.2. The van der Waals surface area contributed by atoms with Crippen LogP contribution in [0.1, 0.15) is 43.7 Å². The Morgan fingerprint density at radius 1 is 0.765 bits per heavy atom. The third-order valence-corrected chi connectivity index (χ3v) is 10.2. The second-order valence-electron chi connectivity index (χ2n) is 14.9. The van der Waals surface area contributed by atoms with Gasteiger partial charge in [-0.15, -0.1) is 0 Å². The minimum Gasteiger partial charge on any atom is -0.478 e. The summed E-state index contributed by atoms with van der Waals surface area (Å²) >= 11 is 0. The van der Waals surface area contributed by atoms with Gasteiger partial charge in [-0.05, 0) is 62.9 Å². The number of likely N-dealkylation sites (N-methyl/N-ethyl adjacent to an activating group) is 1. The summed E-state index contributed by atoms with van der Waals surface area (Å²) in [4.78, 5) is 71.3. The number of carbonyl (C=O) groups is 6. The van der Waals surface area contributed by atoms with E-state index in [1.807, 2.05) is 42.5 Å². The van der Waals surface area contributed by atoms with Gasteiger partial charge >= 0.3 is 35.8 Å². The Bertz CT molecular complexity index is 2350. The molecule has 1 aliphatic heterocycles. The van der Waals surface area contributed by atoms with Crippen LogP contribution in [0.15, 0.2) is 91.4 Å². The topological polar surface area (TPSA) is 341 Å². The zero-order valence-corrected chi connectivity index (χ0v) is 37.3. The van der Waals surface area contributed by atoms with Crippen molar-refractivity contribution in [3.05, 3.63) is 97.0 Å². The van der Waals surface area contributed by atoms with E-state index in [0.29, 0.717) is 78.0 Å². The molecule has 2 aromatic carbocycles. The predicted molar refractivity (Wildman–Crippen MR) is 247 cm³/mol. The third-order valence-electron chi connectivity index (χ3n) is 10.2. The van der Waals surface area contributed by atoms with Crippen LogP contribution >= 0.6 is 0 Å². The van der Waals surface area contributed by atoms with E-state index in [0.717, 1.165) is 79.8 Å². The lowest BCUT2D eigenvalue weighted by Crippen LogP contribution is -2.49. The average Bonchev–Trinajstić information content (AvgIpc) is 3.68. The highest BCUT2D eigenvalue weighted by molar-refractivity contribution is 5.93. The highest BCUT2D eigenvalue weighted by Crippen LogP contribution is 2.40. The predicted octanol–water partition coefficient (Wildman–Crippen LogP) is 4.66. The van der Waals surface area contributed by atoms with E-state index in [-0.39, 0.29) is 0 Å². The molecule has 0 bridgehead atoms. The van der Waals surface area contributed by atoms with Gasteiger partial charge in [-0.1, -0.05) is 24.3 Å². The molecule has 0 atom stereocenters. The number of fused-ring (bicyclic) bond motifs is 1. The van der Waals surface area contributed by atoms with Crippen LogP contribution in [0.5, 0.6) is 11.5 Å². The second kappa shape index (κ2) is 28.0. The van der Waals surface area contributed by atoms with Crippen LogP contribution in [0, 0.1) is 11.3 Å². The molecule has 2 aliphatic rings. The van der Waals surface area contributed by atoms with Crippen molar-refractivity contribution in [1.82, 2.24) is 24.3 Å². The molecule has 0 radical (unpaired) electrons. The Balaban J connectivity index is 0.000000419. The van der Waals surface area contributed by atoms with E-state index in [1.54, 1.807) is 7.11 Å². The van der Waals surface area contributed by atoms with Gasteiger partial charge < -0.3 is 60.6 Å². The largest absolute Gasteiger partial charge is 0.478 e. The number of rotatable bonds is 16. The van der Waals surface area contributed by atoms with Gasteiger partial charge in [0.15, 0.2) is 5.75 Å². The van der Waals surface area contributed by atoms with Gasteiger partial charge in [0.25, 0.3) is 0 Å². The molecule has 22 nitrogen and oxygen atoms in total. The quantitative estimate of drug-likeness (QED) is 0.0559. The first-order chi connectivity index (χ1) is 32.4. The molecule has 4 aromatic rings. The minimum absolute atomic E-state index is 0.343. The molecule has 22 heteroatoms. The van der Waals surface area contributed by atoms with Crippen molar-refractivity contribution in [2.24, 2.45) is 0 Å². The van der Waals surface area contributed by atoms with Gasteiger partial charge in [0.2, 0.25) is 0 Å². The summed E-state index contributed by atoms with van der Waals surface area (Å²) in [5.41, 5.74) is 10.5. The number of nitrogens with one attached hydrogen (secondary N) is 1. The normalized spacial score (nSPS) is 16.0. The highest BCUT2D eigenvalue weighted by Gasteiger charge is 2.30. The number of nitrogens with zero attached hydrogens (tertiary/aromatic N) is 6. The first-order valence-corrected chi connectivity index (χ1v) is 20.9. The lowest BCUT2D eigenvalue weighted by Gasteiger charge is -2.41. The maximum absolute atomic E-state index is 9.97. The van der Waals surface area contributed by atoms with Crippen LogP contribution in [0.25, 0.3) is 22.2 Å². The first kappa shape index (κ1) is 54.2. The lowest BCUT2D eigenvalue weighted by molar-refractivity contribution is -0.134. The number of nitrogen functional groups attached to an aromatic ring is 1. The summed E-state index contributed by atoms with van der Waals surface area (Å²) in [5, 5.41) is 61.0. The monoisotopic (exact) mass is 942 g/mol. The van der Waals surface area contributed by atoms with E-state index in [1.165, 1.54) is 19.2 Å². The number of anilines is 2. The zero-order valence-electron chi connectivity index (χ0n) is 37.3. The van der Waals surface area contributed by atoms with E-state index in [9.17, 15) is 34.0 Å². The highest BCUT2D eigenvalue weighted by atomic mass is 16.5. The van der Waals surface area contributed by atoms with Crippen molar-refractivity contribution in [3.8, 4) is 28.7 Å². The van der Waals surface area contributed by atoms with Gasteiger partial charge in [-0.3, -0.25) is 4.90 Å². The standard InChI is InChI=1S/C34H42N8O2.3C4H4O4/c1-40-16-18-41(19-17-40)25-9-11-26(12-10-25)42-22-31(32-33(36)38-23-39-34(32)42)44-27-13-7-24(8-14-27)28-5-3-6-30(29(28)21-35)37-15-4-20-43-2;3*5-3(6)1-2-4(7)8/h3,5-8,13-14,22-23,25-26,37H,4,9-12,15-20H2,1-2H3,(H2,36,38,39);3*1-2H,(H,5,6)(H,7,8)/b;3*2-1-. The number of hydrogen-bond donors (Lipinski definition) is 8. The maximum atomic E-state index is 9.97. The summed E-state index contributed by atoms with van der Waals surface area (Å²) in [5.74, 6) is -5.78. The molecule has 6 rings (SSSR count). The molecule has 0 amide bonds. The molecular formula is C46H54N8O14. The number of benzene rings is 2.